The largest absolute Gasteiger partial charge is 0.495 e. The summed E-state index contributed by atoms with van der Waals surface area (Å²) in [6, 6.07) is 2.86. The van der Waals surface area contributed by atoms with E-state index >= 15 is 0 Å². The number of carboxylic acid groups (broad SMARTS) is 1. The van der Waals surface area contributed by atoms with E-state index in [0.29, 0.717) is 22.9 Å². The Kier molecular flexibility index (Phi) is 5.28. The Morgan fingerprint density at radius 3 is 2.72 bits per heavy atom. The molecule has 0 saturated carbocycles. The zero-order valence-electron chi connectivity index (χ0n) is 10.8. The van der Waals surface area contributed by atoms with Crippen molar-refractivity contribution in [3.63, 3.8) is 0 Å². The van der Waals surface area contributed by atoms with E-state index in [1.807, 2.05) is 13.8 Å². The van der Waals surface area contributed by atoms with E-state index in [2.05, 4.69) is 5.32 Å². The topological polar surface area (TPSA) is 58.6 Å². The standard InChI is InChI=1S/C13H18ClNO3/c1-4-5-10(13(16)17)15-11-6-8(2)9(14)7-12(11)18-3/h6-7,10,15H,4-5H2,1-3H3,(H,16,17). The van der Waals surface area contributed by atoms with Crippen molar-refractivity contribution < 1.29 is 14.6 Å². The van der Waals surface area contributed by atoms with E-state index in [1.165, 1.54) is 7.11 Å². The third-order valence-corrected chi connectivity index (χ3v) is 3.09. The number of halogens is 1. The maximum absolute atomic E-state index is 11.1. The fourth-order valence-electron chi connectivity index (χ4n) is 1.68. The number of carboxylic acids is 1. The highest BCUT2D eigenvalue weighted by atomic mass is 35.5. The van der Waals surface area contributed by atoms with Crippen LogP contribution >= 0.6 is 11.6 Å². The van der Waals surface area contributed by atoms with Gasteiger partial charge in [0.2, 0.25) is 0 Å². The predicted molar refractivity (Wildman–Crippen MR) is 72.7 cm³/mol. The zero-order valence-corrected chi connectivity index (χ0v) is 11.5. The van der Waals surface area contributed by atoms with Crippen LogP contribution in [0.1, 0.15) is 25.3 Å². The summed E-state index contributed by atoms with van der Waals surface area (Å²) in [5.41, 5.74) is 1.53. The first kappa shape index (κ1) is 14.6. The number of carbonyl (C=O) groups is 1. The van der Waals surface area contributed by atoms with Crippen molar-refractivity contribution in [3.8, 4) is 5.75 Å². The first-order valence-electron chi connectivity index (χ1n) is 5.83. The van der Waals surface area contributed by atoms with Crippen molar-refractivity contribution in [1.29, 1.82) is 0 Å². The van der Waals surface area contributed by atoms with Crippen molar-refractivity contribution in [2.24, 2.45) is 0 Å². The summed E-state index contributed by atoms with van der Waals surface area (Å²) >= 11 is 6.00. The summed E-state index contributed by atoms with van der Waals surface area (Å²) in [6.07, 6.45) is 1.35. The molecule has 0 saturated heterocycles. The monoisotopic (exact) mass is 271 g/mol. The molecular weight excluding hydrogens is 254 g/mol. The van der Waals surface area contributed by atoms with Gasteiger partial charge in [-0.1, -0.05) is 24.9 Å². The highest BCUT2D eigenvalue weighted by Gasteiger charge is 2.18. The molecule has 1 aromatic rings. The fraction of sp³-hybridized carbons (Fsp3) is 0.462. The third-order valence-electron chi connectivity index (χ3n) is 2.69. The molecule has 1 aromatic carbocycles. The van der Waals surface area contributed by atoms with Gasteiger partial charge in [-0.2, -0.15) is 0 Å². The number of hydrogen-bond donors (Lipinski definition) is 2. The molecule has 2 N–H and O–H groups in total. The summed E-state index contributed by atoms with van der Waals surface area (Å²) in [4.78, 5) is 11.1. The van der Waals surface area contributed by atoms with Gasteiger partial charge in [0.1, 0.15) is 11.8 Å². The van der Waals surface area contributed by atoms with Crippen LogP contribution in [0.15, 0.2) is 12.1 Å². The van der Waals surface area contributed by atoms with Crippen molar-refractivity contribution in [3.05, 3.63) is 22.7 Å². The van der Waals surface area contributed by atoms with Crippen LogP contribution in [0, 0.1) is 6.92 Å². The minimum atomic E-state index is -0.869. The number of rotatable bonds is 6. The van der Waals surface area contributed by atoms with Crippen LogP contribution in [0.2, 0.25) is 5.02 Å². The molecule has 1 rings (SSSR count). The lowest BCUT2D eigenvalue weighted by molar-refractivity contribution is -0.138. The molecule has 4 nitrogen and oxygen atoms in total. The molecule has 0 amide bonds. The normalized spacial score (nSPS) is 12.0. The Morgan fingerprint density at radius 2 is 2.22 bits per heavy atom. The molecule has 0 fully saturated rings. The quantitative estimate of drug-likeness (QED) is 0.833. The summed E-state index contributed by atoms with van der Waals surface area (Å²) in [7, 11) is 1.53. The zero-order chi connectivity index (χ0) is 13.7. The SMILES string of the molecule is CCCC(Nc1cc(C)c(Cl)cc1OC)C(=O)O. The number of hydrogen-bond acceptors (Lipinski definition) is 3. The molecule has 0 bridgehead atoms. The van der Waals surface area contributed by atoms with Gasteiger partial charge in [-0.3, -0.25) is 0 Å². The molecule has 100 valence electrons. The Labute approximate surface area is 112 Å². The van der Waals surface area contributed by atoms with E-state index < -0.39 is 12.0 Å². The van der Waals surface area contributed by atoms with Crippen LogP contribution in [-0.2, 0) is 4.79 Å². The lowest BCUT2D eigenvalue weighted by Gasteiger charge is -2.18. The number of ether oxygens (including phenoxy) is 1. The second-order valence-electron chi connectivity index (χ2n) is 4.13. The number of benzene rings is 1. The van der Waals surface area contributed by atoms with Crippen LogP contribution in [0.25, 0.3) is 0 Å². The molecule has 0 aromatic heterocycles. The Bertz CT molecular complexity index is 434. The summed E-state index contributed by atoms with van der Waals surface area (Å²) < 4.78 is 5.20. The van der Waals surface area contributed by atoms with Crippen molar-refractivity contribution >= 4 is 23.3 Å². The van der Waals surface area contributed by atoms with Gasteiger partial charge in [0.05, 0.1) is 12.8 Å². The molecule has 1 atom stereocenters. The molecule has 0 spiro atoms. The molecule has 0 heterocycles. The average Bonchev–Trinajstić information content (AvgIpc) is 2.32. The van der Waals surface area contributed by atoms with Gasteiger partial charge in [-0.25, -0.2) is 4.79 Å². The molecule has 1 unspecified atom stereocenters. The van der Waals surface area contributed by atoms with Crippen LogP contribution in [-0.4, -0.2) is 24.2 Å². The van der Waals surface area contributed by atoms with Gasteiger partial charge in [-0.05, 0) is 25.0 Å². The number of aliphatic carboxylic acids is 1. The van der Waals surface area contributed by atoms with Crippen molar-refractivity contribution in [1.82, 2.24) is 0 Å². The molecule has 0 radical (unpaired) electrons. The smallest absolute Gasteiger partial charge is 0.326 e. The second kappa shape index (κ2) is 6.50. The summed E-state index contributed by atoms with van der Waals surface area (Å²) in [6.45, 7) is 3.81. The summed E-state index contributed by atoms with van der Waals surface area (Å²) in [5.74, 6) is -0.320. The number of methoxy groups -OCH3 is 1. The van der Waals surface area contributed by atoms with Crippen molar-refractivity contribution in [2.45, 2.75) is 32.7 Å². The maximum atomic E-state index is 11.1. The minimum Gasteiger partial charge on any atom is -0.495 e. The minimum absolute atomic E-state index is 0.549. The molecule has 5 heteroatoms. The molecule has 0 aliphatic heterocycles. The molecular formula is C13H18ClNO3. The average molecular weight is 272 g/mol. The van der Waals surface area contributed by atoms with E-state index in [0.717, 1.165) is 12.0 Å². The highest BCUT2D eigenvalue weighted by Crippen LogP contribution is 2.31. The predicted octanol–water partition coefficient (Wildman–Crippen LogP) is 3.32. The van der Waals surface area contributed by atoms with E-state index in [-0.39, 0.29) is 0 Å². The van der Waals surface area contributed by atoms with Gasteiger partial charge < -0.3 is 15.2 Å². The molecule has 0 aliphatic carbocycles. The van der Waals surface area contributed by atoms with E-state index in [9.17, 15) is 4.79 Å². The highest BCUT2D eigenvalue weighted by molar-refractivity contribution is 6.31. The second-order valence-corrected chi connectivity index (χ2v) is 4.53. The van der Waals surface area contributed by atoms with Crippen LogP contribution in [0.5, 0.6) is 5.75 Å². The van der Waals surface area contributed by atoms with Crippen LogP contribution < -0.4 is 10.1 Å². The van der Waals surface area contributed by atoms with Gasteiger partial charge in [0.15, 0.2) is 0 Å². The third kappa shape index (κ3) is 3.53. The van der Waals surface area contributed by atoms with E-state index in [4.69, 9.17) is 21.4 Å². The van der Waals surface area contributed by atoms with E-state index in [1.54, 1.807) is 12.1 Å². The summed E-state index contributed by atoms with van der Waals surface area (Å²) in [5, 5.41) is 12.7. The Morgan fingerprint density at radius 1 is 1.56 bits per heavy atom. The number of aryl methyl sites for hydroxylation is 1. The number of nitrogens with one attached hydrogen (secondary N) is 1. The Balaban J connectivity index is 3.01. The van der Waals surface area contributed by atoms with Gasteiger partial charge in [-0.15, -0.1) is 0 Å². The van der Waals surface area contributed by atoms with Crippen LogP contribution in [0.4, 0.5) is 5.69 Å². The molecule has 0 aliphatic rings. The first-order chi connectivity index (χ1) is 8.49. The first-order valence-corrected chi connectivity index (χ1v) is 6.20. The maximum Gasteiger partial charge on any atom is 0.326 e. The lowest BCUT2D eigenvalue weighted by Crippen LogP contribution is -2.29. The van der Waals surface area contributed by atoms with Gasteiger partial charge in [0, 0.05) is 11.1 Å². The number of anilines is 1. The van der Waals surface area contributed by atoms with Crippen molar-refractivity contribution in [2.75, 3.05) is 12.4 Å². The lowest BCUT2D eigenvalue weighted by atomic mass is 10.1. The van der Waals surface area contributed by atoms with Gasteiger partial charge >= 0.3 is 5.97 Å². The Hall–Kier alpha value is -1.42. The fourth-order valence-corrected chi connectivity index (χ4v) is 1.83. The van der Waals surface area contributed by atoms with Crippen LogP contribution in [0.3, 0.4) is 0 Å². The van der Waals surface area contributed by atoms with Gasteiger partial charge in [0.25, 0.3) is 0 Å². The molecule has 18 heavy (non-hydrogen) atoms.